The van der Waals surface area contributed by atoms with Crippen molar-refractivity contribution in [1.82, 2.24) is 9.80 Å². The van der Waals surface area contributed by atoms with E-state index >= 15 is 0 Å². The number of hydrogen-bond donors (Lipinski definition) is 1. The Morgan fingerprint density at radius 2 is 1.95 bits per heavy atom. The minimum absolute atomic E-state index is 0.153. The molecule has 3 heterocycles. The van der Waals surface area contributed by atoms with Crippen molar-refractivity contribution >= 4 is 0 Å². The van der Waals surface area contributed by atoms with Gasteiger partial charge in [-0.25, -0.2) is 8.78 Å². The van der Waals surface area contributed by atoms with E-state index in [1.807, 2.05) is 0 Å². The SMILES string of the molecule is NC(Cc1cccc(F)c1F)C1CN2CCN1CC2. The van der Waals surface area contributed by atoms with Gasteiger partial charge in [0.15, 0.2) is 11.6 Å². The van der Waals surface area contributed by atoms with Crippen molar-refractivity contribution in [2.45, 2.75) is 18.5 Å². The maximum absolute atomic E-state index is 13.7. The maximum Gasteiger partial charge on any atom is 0.162 e. The van der Waals surface area contributed by atoms with Gasteiger partial charge in [0.25, 0.3) is 0 Å². The molecule has 3 saturated heterocycles. The molecule has 3 fully saturated rings. The van der Waals surface area contributed by atoms with Crippen molar-refractivity contribution in [1.29, 1.82) is 0 Å². The molecule has 0 spiro atoms. The second kappa shape index (κ2) is 5.15. The zero-order valence-electron chi connectivity index (χ0n) is 10.9. The maximum atomic E-state index is 13.7. The lowest BCUT2D eigenvalue weighted by molar-refractivity contribution is 0.00248. The normalized spacial score (nSPS) is 31.4. The molecule has 19 heavy (non-hydrogen) atoms. The molecule has 0 saturated carbocycles. The molecule has 3 nitrogen and oxygen atoms in total. The van der Waals surface area contributed by atoms with Crippen LogP contribution in [-0.4, -0.2) is 54.6 Å². The number of piperazine rings is 3. The highest BCUT2D eigenvalue weighted by molar-refractivity contribution is 5.20. The van der Waals surface area contributed by atoms with Crippen molar-refractivity contribution in [2.24, 2.45) is 5.73 Å². The molecular weight excluding hydrogens is 248 g/mol. The van der Waals surface area contributed by atoms with Gasteiger partial charge in [0, 0.05) is 44.8 Å². The first-order chi connectivity index (χ1) is 9.15. The van der Waals surface area contributed by atoms with Gasteiger partial charge in [0.2, 0.25) is 0 Å². The molecule has 0 aromatic heterocycles. The summed E-state index contributed by atoms with van der Waals surface area (Å²) in [5.74, 6) is -1.55. The topological polar surface area (TPSA) is 32.5 Å². The highest BCUT2D eigenvalue weighted by Gasteiger charge is 2.35. The summed E-state index contributed by atoms with van der Waals surface area (Å²) in [6, 6.07) is 4.40. The molecule has 1 aromatic carbocycles. The summed E-state index contributed by atoms with van der Waals surface area (Å²) in [6.07, 6.45) is 0.388. The van der Waals surface area contributed by atoms with Crippen molar-refractivity contribution in [3.63, 3.8) is 0 Å². The van der Waals surface area contributed by atoms with E-state index in [9.17, 15) is 8.78 Å². The minimum atomic E-state index is -0.793. The van der Waals surface area contributed by atoms with Gasteiger partial charge in [-0.1, -0.05) is 12.1 Å². The molecule has 0 aliphatic carbocycles. The number of rotatable bonds is 3. The number of fused-ring (bicyclic) bond motifs is 3. The molecule has 2 atom stereocenters. The summed E-state index contributed by atoms with van der Waals surface area (Å²) in [5.41, 5.74) is 6.61. The first-order valence-electron chi connectivity index (χ1n) is 6.80. The van der Waals surface area contributed by atoms with Crippen LogP contribution in [0.25, 0.3) is 0 Å². The molecule has 3 aliphatic heterocycles. The van der Waals surface area contributed by atoms with Crippen molar-refractivity contribution < 1.29 is 8.78 Å². The summed E-state index contributed by atoms with van der Waals surface area (Å²) >= 11 is 0. The van der Waals surface area contributed by atoms with Gasteiger partial charge in [0.05, 0.1) is 0 Å². The molecule has 0 amide bonds. The van der Waals surface area contributed by atoms with Gasteiger partial charge in [0.1, 0.15) is 0 Å². The molecule has 2 N–H and O–H groups in total. The number of halogens is 2. The Morgan fingerprint density at radius 1 is 1.21 bits per heavy atom. The van der Waals surface area contributed by atoms with Crippen LogP contribution < -0.4 is 5.73 Å². The molecular formula is C14H19F2N3. The quantitative estimate of drug-likeness (QED) is 0.880. The predicted molar refractivity (Wildman–Crippen MR) is 69.8 cm³/mol. The van der Waals surface area contributed by atoms with E-state index in [1.54, 1.807) is 6.07 Å². The lowest BCUT2D eigenvalue weighted by Gasteiger charge is -2.49. The fraction of sp³-hybridized carbons (Fsp3) is 0.571. The van der Waals surface area contributed by atoms with E-state index in [0.717, 1.165) is 38.8 Å². The summed E-state index contributed by atoms with van der Waals surface area (Å²) < 4.78 is 26.8. The number of nitrogens with zero attached hydrogens (tertiary/aromatic N) is 2. The highest BCUT2D eigenvalue weighted by Crippen LogP contribution is 2.20. The van der Waals surface area contributed by atoms with E-state index in [0.29, 0.717) is 12.0 Å². The first kappa shape index (κ1) is 13.0. The van der Waals surface area contributed by atoms with Gasteiger partial charge in [-0.05, 0) is 18.1 Å². The minimum Gasteiger partial charge on any atom is -0.326 e. The molecule has 104 valence electrons. The van der Waals surface area contributed by atoms with Crippen LogP contribution in [0.3, 0.4) is 0 Å². The second-order valence-electron chi connectivity index (χ2n) is 5.48. The molecule has 1 aromatic rings. The van der Waals surface area contributed by atoms with E-state index in [-0.39, 0.29) is 12.1 Å². The monoisotopic (exact) mass is 267 g/mol. The van der Waals surface area contributed by atoms with E-state index in [2.05, 4.69) is 9.80 Å². The molecule has 3 aliphatic rings. The lowest BCUT2D eigenvalue weighted by Crippen LogP contribution is -2.66. The van der Waals surface area contributed by atoms with Gasteiger partial charge >= 0.3 is 0 Å². The fourth-order valence-corrected chi connectivity index (χ4v) is 3.16. The Morgan fingerprint density at radius 3 is 2.58 bits per heavy atom. The van der Waals surface area contributed by atoms with E-state index < -0.39 is 11.6 Å². The number of benzene rings is 1. The molecule has 2 bridgehead atoms. The second-order valence-corrected chi connectivity index (χ2v) is 5.48. The Labute approximate surface area is 112 Å². The third kappa shape index (κ3) is 2.50. The molecule has 0 radical (unpaired) electrons. The Balaban J connectivity index is 1.71. The van der Waals surface area contributed by atoms with Gasteiger partial charge in [-0.2, -0.15) is 0 Å². The number of hydrogen-bond acceptors (Lipinski definition) is 3. The van der Waals surface area contributed by atoms with Gasteiger partial charge in [-0.3, -0.25) is 9.80 Å². The lowest BCUT2D eigenvalue weighted by atomic mass is 9.95. The van der Waals surface area contributed by atoms with Crippen LogP contribution in [0.4, 0.5) is 8.78 Å². The third-order valence-corrected chi connectivity index (χ3v) is 4.30. The molecule has 5 heteroatoms. The summed E-state index contributed by atoms with van der Waals surface area (Å²) in [5, 5.41) is 0. The van der Waals surface area contributed by atoms with Crippen molar-refractivity contribution in [3.05, 3.63) is 35.4 Å². The highest BCUT2D eigenvalue weighted by atomic mass is 19.2. The fourth-order valence-electron chi connectivity index (χ4n) is 3.16. The summed E-state index contributed by atoms with van der Waals surface area (Å²) in [6.45, 7) is 5.20. The molecule has 4 rings (SSSR count). The predicted octanol–water partition coefficient (Wildman–Crippen LogP) is 0.834. The largest absolute Gasteiger partial charge is 0.326 e. The third-order valence-electron chi connectivity index (χ3n) is 4.30. The average molecular weight is 267 g/mol. The summed E-state index contributed by atoms with van der Waals surface area (Å²) in [4.78, 5) is 4.77. The standard InChI is InChI=1S/C14H19F2N3/c15-11-3-1-2-10(14(11)16)8-12(17)13-9-18-4-6-19(13)7-5-18/h1-3,12-13H,4-9,17H2. The molecule has 2 unspecified atom stereocenters. The van der Waals surface area contributed by atoms with Crippen LogP contribution in [0.2, 0.25) is 0 Å². The summed E-state index contributed by atoms with van der Waals surface area (Å²) in [7, 11) is 0. The van der Waals surface area contributed by atoms with Gasteiger partial charge in [-0.15, -0.1) is 0 Å². The van der Waals surface area contributed by atoms with Crippen LogP contribution in [0.5, 0.6) is 0 Å². The zero-order chi connectivity index (χ0) is 13.4. The van der Waals surface area contributed by atoms with E-state index in [1.165, 1.54) is 6.07 Å². The Hall–Kier alpha value is -1.04. The van der Waals surface area contributed by atoms with Gasteiger partial charge < -0.3 is 5.73 Å². The average Bonchev–Trinajstić information content (AvgIpc) is 2.45. The Kier molecular flexibility index (Phi) is 3.52. The Bertz CT molecular complexity index is 458. The smallest absolute Gasteiger partial charge is 0.162 e. The van der Waals surface area contributed by atoms with Crippen LogP contribution in [0, 0.1) is 11.6 Å². The van der Waals surface area contributed by atoms with Crippen molar-refractivity contribution in [2.75, 3.05) is 32.7 Å². The van der Waals surface area contributed by atoms with Crippen LogP contribution >= 0.6 is 0 Å². The first-order valence-corrected chi connectivity index (χ1v) is 6.80. The van der Waals surface area contributed by atoms with Crippen molar-refractivity contribution in [3.8, 4) is 0 Å². The van der Waals surface area contributed by atoms with Crippen LogP contribution in [-0.2, 0) is 6.42 Å². The number of nitrogens with two attached hydrogens (primary N) is 1. The zero-order valence-corrected chi connectivity index (χ0v) is 10.9. The van der Waals surface area contributed by atoms with Crippen LogP contribution in [0.15, 0.2) is 18.2 Å². The van der Waals surface area contributed by atoms with Crippen LogP contribution in [0.1, 0.15) is 5.56 Å². The van der Waals surface area contributed by atoms with E-state index in [4.69, 9.17) is 5.73 Å².